The second-order valence-corrected chi connectivity index (χ2v) is 5.15. The summed E-state index contributed by atoms with van der Waals surface area (Å²) in [6.07, 6.45) is 6.91. The number of hydrogen-bond acceptors (Lipinski definition) is 4. The van der Waals surface area contributed by atoms with E-state index in [1.165, 1.54) is 25.9 Å². The average molecular weight is 235 g/mol. The third-order valence-corrected chi connectivity index (χ3v) is 3.81. The number of aromatic nitrogens is 3. The molecular formula is C12H21N5. The maximum absolute atomic E-state index is 6.03. The summed E-state index contributed by atoms with van der Waals surface area (Å²) in [5.74, 6) is 2.06. The van der Waals surface area contributed by atoms with Crippen molar-refractivity contribution in [3.8, 4) is 0 Å². The second-order valence-electron chi connectivity index (χ2n) is 5.15. The van der Waals surface area contributed by atoms with Crippen molar-refractivity contribution >= 4 is 0 Å². The van der Waals surface area contributed by atoms with E-state index < -0.39 is 0 Å². The molecule has 5 heteroatoms. The van der Waals surface area contributed by atoms with E-state index in [2.05, 4.69) is 15.0 Å². The highest BCUT2D eigenvalue weighted by molar-refractivity contribution is 4.98. The van der Waals surface area contributed by atoms with Crippen molar-refractivity contribution < 1.29 is 0 Å². The van der Waals surface area contributed by atoms with Gasteiger partial charge < -0.3 is 10.6 Å². The highest BCUT2D eigenvalue weighted by Gasteiger charge is 2.20. The van der Waals surface area contributed by atoms with Gasteiger partial charge in [-0.2, -0.15) is 5.10 Å². The van der Waals surface area contributed by atoms with Crippen LogP contribution < -0.4 is 5.73 Å². The predicted molar refractivity (Wildman–Crippen MR) is 65.6 cm³/mol. The zero-order valence-corrected chi connectivity index (χ0v) is 10.3. The van der Waals surface area contributed by atoms with Crippen LogP contribution in [0.4, 0.5) is 0 Å². The van der Waals surface area contributed by atoms with Crippen molar-refractivity contribution in [1.82, 2.24) is 19.7 Å². The van der Waals surface area contributed by atoms with E-state index in [9.17, 15) is 0 Å². The van der Waals surface area contributed by atoms with Gasteiger partial charge in [0.25, 0.3) is 0 Å². The van der Waals surface area contributed by atoms with Crippen LogP contribution in [-0.4, -0.2) is 39.3 Å². The Bertz CT molecular complexity index is 380. The van der Waals surface area contributed by atoms with Crippen molar-refractivity contribution in [1.29, 1.82) is 0 Å². The lowest BCUT2D eigenvalue weighted by molar-refractivity contribution is 0.338. The van der Waals surface area contributed by atoms with E-state index >= 15 is 0 Å². The summed E-state index contributed by atoms with van der Waals surface area (Å²) in [4.78, 5) is 7.11. The van der Waals surface area contributed by atoms with E-state index in [1.807, 2.05) is 4.68 Å². The smallest absolute Gasteiger partial charge is 0.152 e. The number of fused-ring (bicyclic) bond motifs is 1. The Labute approximate surface area is 102 Å². The number of hydrogen-bond donors (Lipinski definition) is 1. The molecule has 1 atom stereocenters. The number of nitrogens with two attached hydrogens (primary N) is 1. The number of nitrogens with zero attached hydrogens (tertiary/aromatic N) is 4. The monoisotopic (exact) mass is 235 g/mol. The van der Waals surface area contributed by atoms with E-state index in [0.717, 1.165) is 43.9 Å². The molecule has 0 bridgehead atoms. The van der Waals surface area contributed by atoms with Crippen molar-refractivity contribution in [2.24, 2.45) is 5.73 Å². The Balaban J connectivity index is 1.63. The minimum Gasteiger partial charge on any atom is -0.310 e. The Morgan fingerprint density at radius 1 is 1.24 bits per heavy atom. The molecule has 1 unspecified atom stereocenters. The van der Waals surface area contributed by atoms with Crippen LogP contribution in [0, 0.1) is 0 Å². The van der Waals surface area contributed by atoms with Gasteiger partial charge in [-0.3, -0.25) is 0 Å². The Kier molecular flexibility index (Phi) is 3.11. The number of rotatable bonds is 3. The van der Waals surface area contributed by atoms with E-state index in [4.69, 9.17) is 5.73 Å². The minimum absolute atomic E-state index is 0.0480. The third kappa shape index (κ3) is 2.35. The van der Waals surface area contributed by atoms with Crippen molar-refractivity contribution in [3.05, 3.63) is 11.6 Å². The Morgan fingerprint density at radius 2 is 2.06 bits per heavy atom. The Morgan fingerprint density at radius 3 is 2.82 bits per heavy atom. The Hall–Kier alpha value is -0.940. The summed E-state index contributed by atoms with van der Waals surface area (Å²) < 4.78 is 1.93. The molecule has 1 saturated heterocycles. The van der Waals surface area contributed by atoms with E-state index in [1.54, 1.807) is 0 Å². The maximum atomic E-state index is 6.03. The largest absolute Gasteiger partial charge is 0.310 e. The first-order chi connectivity index (χ1) is 8.33. The number of aryl methyl sites for hydroxylation is 1. The van der Waals surface area contributed by atoms with E-state index in [-0.39, 0.29) is 6.17 Å². The lowest BCUT2D eigenvalue weighted by Gasteiger charge is -2.18. The van der Waals surface area contributed by atoms with Crippen LogP contribution in [0.3, 0.4) is 0 Å². The summed E-state index contributed by atoms with van der Waals surface area (Å²) in [6, 6.07) is 0. The molecule has 94 valence electrons. The van der Waals surface area contributed by atoms with Gasteiger partial charge in [-0.1, -0.05) is 0 Å². The highest BCUT2D eigenvalue weighted by atomic mass is 15.4. The molecule has 1 aromatic rings. The molecule has 0 amide bonds. The fourth-order valence-electron chi connectivity index (χ4n) is 2.80. The molecule has 0 saturated carbocycles. The standard InChI is InChI=1S/C12H21N5/c13-10-4-3-5-12-14-11(15-17(10)12)6-9-16-7-1-2-8-16/h10H,1-9,13H2. The lowest BCUT2D eigenvalue weighted by atomic mass is 10.1. The van der Waals surface area contributed by atoms with Gasteiger partial charge in [0.05, 0.1) is 0 Å². The van der Waals surface area contributed by atoms with Crippen LogP contribution in [-0.2, 0) is 12.8 Å². The first kappa shape index (κ1) is 11.2. The molecule has 2 aliphatic rings. The molecule has 2 aliphatic heterocycles. The first-order valence-electron chi connectivity index (χ1n) is 6.75. The summed E-state index contributed by atoms with van der Waals surface area (Å²) >= 11 is 0. The quantitative estimate of drug-likeness (QED) is 0.838. The van der Waals surface area contributed by atoms with Gasteiger partial charge in [0.1, 0.15) is 12.0 Å². The minimum atomic E-state index is 0.0480. The molecule has 0 aromatic carbocycles. The topological polar surface area (TPSA) is 60.0 Å². The van der Waals surface area contributed by atoms with E-state index in [0.29, 0.717) is 0 Å². The van der Waals surface area contributed by atoms with Gasteiger partial charge >= 0.3 is 0 Å². The summed E-state index contributed by atoms with van der Waals surface area (Å²) in [5, 5.41) is 4.55. The second kappa shape index (κ2) is 4.74. The highest BCUT2D eigenvalue weighted by Crippen LogP contribution is 2.19. The molecule has 1 fully saturated rings. The molecule has 3 heterocycles. The fourth-order valence-corrected chi connectivity index (χ4v) is 2.80. The van der Waals surface area contributed by atoms with Gasteiger partial charge in [0.2, 0.25) is 0 Å². The predicted octanol–water partition coefficient (Wildman–Crippen LogP) is 0.710. The molecule has 5 nitrogen and oxygen atoms in total. The molecule has 0 radical (unpaired) electrons. The van der Waals surface area contributed by atoms with Crippen molar-refractivity contribution in [2.45, 2.75) is 44.7 Å². The maximum Gasteiger partial charge on any atom is 0.152 e. The normalized spacial score (nSPS) is 25.1. The summed E-state index contributed by atoms with van der Waals surface area (Å²) in [6.45, 7) is 3.58. The van der Waals surface area contributed by atoms with Gasteiger partial charge in [-0.15, -0.1) is 0 Å². The molecule has 1 aromatic heterocycles. The molecule has 0 spiro atoms. The fraction of sp³-hybridized carbons (Fsp3) is 0.833. The molecular weight excluding hydrogens is 214 g/mol. The van der Waals surface area contributed by atoms with Crippen molar-refractivity contribution in [3.63, 3.8) is 0 Å². The first-order valence-corrected chi connectivity index (χ1v) is 6.75. The molecule has 3 rings (SSSR count). The van der Waals surface area contributed by atoms with Gasteiger partial charge in [-0.05, 0) is 38.8 Å². The van der Waals surface area contributed by atoms with Crippen LogP contribution >= 0.6 is 0 Å². The van der Waals surface area contributed by atoms with Gasteiger partial charge in [-0.25, -0.2) is 9.67 Å². The lowest BCUT2D eigenvalue weighted by Crippen LogP contribution is -2.26. The third-order valence-electron chi connectivity index (χ3n) is 3.81. The zero-order chi connectivity index (χ0) is 11.7. The molecule has 2 N–H and O–H groups in total. The van der Waals surface area contributed by atoms with Crippen LogP contribution in [0.2, 0.25) is 0 Å². The van der Waals surface area contributed by atoms with Crippen LogP contribution in [0.15, 0.2) is 0 Å². The summed E-state index contributed by atoms with van der Waals surface area (Å²) in [5.41, 5.74) is 6.03. The van der Waals surface area contributed by atoms with Crippen LogP contribution in [0.25, 0.3) is 0 Å². The van der Waals surface area contributed by atoms with Crippen LogP contribution in [0.1, 0.15) is 43.5 Å². The zero-order valence-electron chi connectivity index (χ0n) is 10.3. The summed E-state index contributed by atoms with van der Waals surface area (Å²) in [7, 11) is 0. The average Bonchev–Trinajstić information content (AvgIpc) is 2.95. The SMILES string of the molecule is NC1CCCc2nc(CCN3CCCC3)nn21. The van der Waals surface area contributed by atoms with Crippen molar-refractivity contribution in [2.75, 3.05) is 19.6 Å². The molecule has 17 heavy (non-hydrogen) atoms. The van der Waals surface area contributed by atoms with Gasteiger partial charge in [0, 0.05) is 19.4 Å². The number of likely N-dealkylation sites (tertiary alicyclic amines) is 1. The molecule has 0 aliphatic carbocycles. The van der Waals surface area contributed by atoms with Crippen LogP contribution in [0.5, 0.6) is 0 Å². The van der Waals surface area contributed by atoms with Gasteiger partial charge in [0.15, 0.2) is 5.82 Å².